The molecule has 0 saturated carbocycles. The first kappa shape index (κ1) is 12.3. The van der Waals surface area contributed by atoms with Crippen molar-refractivity contribution >= 4 is 5.78 Å². The average Bonchev–Trinajstić information content (AvgIpc) is 2.72. The molecule has 0 radical (unpaired) electrons. The van der Waals surface area contributed by atoms with Crippen molar-refractivity contribution in [3.63, 3.8) is 0 Å². The van der Waals surface area contributed by atoms with Crippen LogP contribution in [0.3, 0.4) is 0 Å². The molecule has 1 saturated heterocycles. The summed E-state index contributed by atoms with van der Waals surface area (Å²) in [6, 6.07) is 6.26. The zero-order valence-electron chi connectivity index (χ0n) is 10.9. The fourth-order valence-electron chi connectivity index (χ4n) is 2.35. The summed E-state index contributed by atoms with van der Waals surface area (Å²) in [7, 11) is 0. The molecule has 1 fully saturated rings. The van der Waals surface area contributed by atoms with Crippen LogP contribution >= 0.6 is 0 Å². The largest absolute Gasteiger partial charge is 0.367 e. The molecule has 0 amide bonds. The molecule has 0 spiro atoms. The summed E-state index contributed by atoms with van der Waals surface area (Å²) in [5.41, 5.74) is 2.98. The second kappa shape index (κ2) is 4.61. The first-order valence-electron chi connectivity index (χ1n) is 6.25. The van der Waals surface area contributed by atoms with Gasteiger partial charge < -0.3 is 4.74 Å². The van der Waals surface area contributed by atoms with Gasteiger partial charge in [-0.25, -0.2) is 0 Å². The number of ether oxygens (including phenoxy) is 1. The number of carbonyl (C=O) groups is 1. The Kier molecular flexibility index (Phi) is 3.34. The zero-order valence-corrected chi connectivity index (χ0v) is 10.9. The number of ketones is 1. The number of aryl methyl sites for hydroxylation is 2. The van der Waals surface area contributed by atoms with E-state index in [0.717, 1.165) is 25.0 Å². The highest BCUT2D eigenvalue weighted by Gasteiger charge is 2.37. The fraction of sp³-hybridized carbons (Fsp3) is 0.533. The van der Waals surface area contributed by atoms with E-state index in [1.807, 2.05) is 6.92 Å². The number of hydrogen-bond donors (Lipinski definition) is 0. The van der Waals surface area contributed by atoms with Crippen LogP contribution in [-0.4, -0.2) is 18.0 Å². The van der Waals surface area contributed by atoms with Gasteiger partial charge in [0.1, 0.15) is 5.60 Å². The minimum Gasteiger partial charge on any atom is -0.367 e. The molecule has 1 aromatic carbocycles. The topological polar surface area (TPSA) is 26.3 Å². The number of carbonyl (C=O) groups excluding carboxylic acids is 1. The van der Waals surface area contributed by atoms with E-state index >= 15 is 0 Å². The number of benzene rings is 1. The van der Waals surface area contributed by atoms with Gasteiger partial charge in [0.15, 0.2) is 5.78 Å². The van der Waals surface area contributed by atoms with E-state index in [-0.39, 0.29) is 5.78 Å². The lowest BCUT2D eigenvalue weighted by Gasteiger charge is -2.21. The molecule has 0 aliphatic carbocycles. The van der Waals surface area contributed by atoms with Crippen molar-refractivity contribution in [2.24, 2.45) is 0 Å². The van der Waals surface area contributed by atoms with Crippen molar-refractivity contribution in [2.45, 2.75) is 45.6 Å². The maximum Gasteiger partial charge on any atom is 0.168 e. The maximum atomic E-state index is 12.3. The van der Waals surface area contributed by atoms with Gasteiger partial charge in [-0.05, 0) is 44.7 Å². The molecule has 0 aromatic heterocycles. The van der Waals surface area contributed by atoms with Crippen molar-refractivity contribution in [3.8, 4) is 0 Å². The maximum absolute atomic E-state index is 12.3. The Morgan fingerprint density at radius 3 is 2.82 bits per heavy atom. The predicted molar refractivity (Wildman–Crippen MR) is 68.2 cm³/mol. The van der Waals surface area contributed by atoms with E-state index in [0.29, 0.717) is 6.42 Å². The van der Waals surface area contributed by atoms with Crippen LogP contribution in [-0.2, 0) is 16.0 Å². The highest BCUT2D eigenvalue weighted by atomic mass is 16.5. The zero-order chi connectivity index (χ0) is 12.5. The molecule has 2 heteroatoms. The minimum absolute atomic E-state index is 0.212. The Hall–Kier alpha value is -1.15. The number of Topliss-reactive ketones (excluding diaryl/α,β-unsaturated/α-hetero) is 1. The van der Waals surface area contributed by atoms with Crippen LogP contribution in [0.25, 0.3) is 0 Å². The second-order valence-corrected chi connectivity index (χ2v) is 5.21. The van der Waals surface area contributed by atoms with Crippen molar-refractivity contribution < 1.29 is 9.53 Å². The van der Waals surface area contributed by atoms with E-state index in [1.165, 1.54) is 11.1 Å². The third kappa shape index (κ3) is 2.58. The molecule has 1 atom stereocenters. The van der Waals surface area contributed by atoms with Gasteiger partial charge >= 0.3 is 0 Å². The number of hydrogen-bond acceptors (Lipinski definition) is 2. The second-order valence-electron chi connectivity index (χ2n) is 5.21. The summed E-state index contributed by atoms with van der Waals surface area (Å²) in [4.78, 5) is 12.3. The van der Waals surface area contributed by atoms with Gasteiger partial charge in [-0.3, -0.25) is 4.79 Å². The van der Waals surface area contributed by atoms with Crippen molar-refractivity contribution in [3.05, 3.63) is 34.9 Å². The first-order valence-corrected chi connectivity index (χ1v) is 6.25. The van der Waals surface area contributed by atoms with E-state index in [2.05, 4.69) is 32.0 Å². The van der Waals surface area contributed by atoms with Crippen molar-refractivity contribution in [2.75, 3.05) is 6.61 Å². The van der Waals surface area contributed by atoms with E-state index in [9.17, 15) is 4.79 Å². The summed E-state index contributed by atoms with van der Waals surface area (Å²) in [5.74, 6) is 0.212. The highest BCUT2D eigenvalue weighted by Crippen LogP contribution is 2.27. The lowest BCUT2D eigenvalue weighted by atomic mass is 9.90. The van der Waals surface area contributed by atoms with E-state index in [1.54, 1.807) is 0 Å². The Morgan fingerprint density at radius 2 is 2.18 bits per heavy atom. The molecule has 1 aromatic rings. The molecule has 2 rings (SSSR count). The molecule has 1 aliphatic rings. The predicted octanol–water partition coefficient (Wildman–Crippen LogP) is 2.98. The smallest absolute Gasteiger partial charge is 0.168 e. The molecule has 0 bridgehead atoms. The molecule has 1 heterocycles. The van der Waals surface area contributed by atoms with Crippen molar-refractivity contribution in [1.82, 2.24) is 0 Å². The van der Waals surface area contributed by atoms with Crippen LogP contribution < -0.4 is 0 Å². The average molecular weight is 232 g/mol. The molecule has 17 heavy (non-hydrogen) atoms. The molecular weight excluding hydrogens is 212 g/mol. The van der Waals surface area contributed by atoms with Gasteiger partial charge in [0.05, 0.1) is 0 Å². The molecule has 1 unspecified atom stereocenters. The summed E-state index contributed by atoms with van der Waals surface area (Å²) >= 11 is 0. The summed E-state index contributed by atoms with van der Waals surface area (Å²) in [5, 5.41) is 0. The summed E-state index contributed by atoms with van der Waals surface area (Å²) in [6.07, 6.45) is 2.34. The van der Waals surface area contributed by atoms with Crippen LogP contribution in [0.15, 0.2) is 18.2 Å². The highest BCUT2D eigenvalue weighted by molar-refractivity contribution is 5.89. The third-order valence-corrected chi connectivity index (χ3v) is 3.66. The number of rotatable bonds is 3. The van der Waals surface area contributed by atoms with Crippen LogP contribution in [0.4, 0.5) is 0 Å². The minimum atomic E-state index is -0.545. The van der Waals surface area contributed by atoms with Gasteiger partial charge in [-0.2, -0.15) is 0 Å². The molecule has 2 nitrogen and oxygen atoms in total. The lowest BCUT2D eigenvalue weighted by Crippen LogP contribution is -2.35. The van der Waals surface area contributed by atoms with Crippen LogP contribution in [0.5, 0.6) is 0 Å². The monoisotopic (exact) mass is 232 g/mol. The quantitative estimate of drug-likeness (QED) is 0.801. The molecular formula is C15H20O2. The Bertz CT molecular complexity index is 429. The molecule has 0 N–H and O–H groups in total. The Balaban J connectivity index is 2.15. The van der Waals surface area contributed by atoms with Gasteiger partial charge in [-0.15, -0.1) is 0 Å². The van der Waals surface area contributed by atoms with Gasteiger partial charge in [0.25, 0.3) is 0 Å². The van der Waals surface area contributed by atoms with Crippen LogP contribution in [0.1, 0.15) is 36.5 Å². The standard InChI is InChI=1S/C15H20O2/c1-11-5-6-12(2)13(9-11)10-14(16)15(3)7-4-8-17-15/h5-6,9H,4,7-8,10H2,1-3H3. The third-order valence-electron chi connectivity index (χ3n) is 3.66. The van der Waals surface area contributed by atoms with Crippen LogP contribution in [0, 0.1) is 13.8 Å². The normalized spacial score (nSPS) is 23.9. The SMILES string of the molecule is Cc1ccc(C)c(CC(=O)C2(C)CCCO2)c1. The lowest BCUT2D eigenvalue weighted by molar-refractivity contribution is -0.136. The van der Waals surface area contributed by atoms with Gasteiger partial charge in [-0.1, -0.05) is 23.8 Å². The van der Waals surface area contributed by atoms with Gasteiger partial charge in [0, 0.05) is 13.0 Å². The fourth-order valence-corrected chi connectivity index (χ4v) is 2.35. The molecule has 1 aliphatic heterocycles. The van der Waals surface area contributed by atoms with Gasteiger partial charge in [0.2, 0.25) is 0 Å². The summed E-state index contributed by atoms with van der Waals surface area (Å²) in [6.45, 7) is 6.75. The Labute approximate surface area is 103 Å². The Morgan fingerprint density at radius 1 is 1.41 bits per heavy atom. The first-order chi connectivity index (χ1) is 8.01. The van der Waals surface area contributed by atoms with Crippen molar-refractivity contribution in [1.29, 1.82) is 0 Å². The molecule has 92 valence electrons. The van der Waals surface area contributed by atoms with E-state index < -0.39 is 5.60 Å². The summed E-state index contributed by atoms with van der Waals surface area (Å²) < 4.78 is 5.60. The van der Waals surface area contributed by atoms with E-state index in [4.69, 9.17) is 4.74 Å². The van der Waals surface area contributed by atoms with Crippen LogP contribution in [0.2, 0.25) is 0 Å².